The summed E-state index contributed by atoms with van der Waals surface area (Å²) in [6, 6.07) is 2.75. The Kier molecular flexibility index (Phi) is 5.69. The number of nitrogens with zero attached hydrogens (tertiary/aromatic N) is 1. The topological polar surface area (TPSA) is 94.2 Å². The largest absolute Gasteiger partial charge is 0.493 e. The van der Waals surface area contributed by atoms with Gasteiger partial charge < -0.3 is 19.5 Å². The van der Waals surface area contributed by atoms with Crippen molar-refractivity contribution in [2.75, 3.05) is 47.1 Å². The monoisotopic (exact) mass is 384 g/mol. The van der Waals surface area contributed by atoms with Crippen molar-refractivity contribution in [2.45, 2.75) is 17.7 Å². The number of methoxy groups -OCH3 is 2. The molecule has 26 heavy (non-hydrogen) atoms. The maximum atomic E-state index is 12.9. The minimum Gasteiger partial charge on any atom is -0.493 e. The van der Waals surface area contributed by atoms with Crippen LogP contribution in [-0.2, 0) is 14.8 Å². The van der Waals surface area contributed by atoms with Gasteiger partial charge in [0.2, 0.25) is 10.0 Å². The van der Waals surface area contributed by atoms with Crippen LogP contribution in [-0.4, -0.2) is 65.7 Å². The lowest BCUT2D eigenvalue weighted by atomic mass is 10.1. The van der Waals surface area contributed by atoms with Crippen LogP contribution in [0.5, 0.6) is 11.5 Å². The van der Waals surface area contributed by atoms with Gasteiger partial charge in [0, 0.05) is 25.7 Å². The molecule has 1 aromatic carbocycles. The van der Waals surface area contributed by atoms with Gasteiger partial charge in [-0.15, -0.1) is 0 Å². The van der Waals surface area contributed by atoms with E-state index >= 15 is 0 Å². The van der Waals surface area contributed by atoms with Crippen molar-refractivity contribution in [3.8, 4) is 11.5 Å². The van der Waals surface area contributed by atoms with Gasteiger partial charge in [-0.1, -0.05) is 0 Å². The van der Waals surface area contributed by atoms with Crippen LogP contribution in [0.3, 0.4) is 0 Å². The molecular formula is C17H24N2O6S. The predicted octanol–water partition coefficient (Wildman–Crippen LogP) is 0.865. The Labute approximate surface area is 153 Å². The van der Waals surface area contributed by atoms with E-state index in [-0.39, 0.29) is 41.0 Å². The molecule has 1 amide bonds. The quantitative estimate of drug-likeness (QED) is 0.750. The van der Waals surface area contributed by atoms with Gasteiger partial charge in [-0.3, -0.25) is 4.79 Å². The van der Waals surface area contributed by atoms with Gasteiger partial charge in [-0.25, -0.2) is 8.42 Å². The molecule has 0 unspecified atom stereocenters. The van der Waals surface area contributed by atoms with Gasteiger partial charge in [0.15, 0.2) is 11.5 Å². The second-order valence-electron chi connectivity index (χ2n) is 6.38. The van der Waals surface area contributed by atoms with Gasteiger partial charge in [0.25, 0.3) is 5.91 Å². The molecule has 0 aromatic heterocycles. The Hall–Kier alpha value is -1.84. The zero-order valence-electron chi connectivity index (χ0n) is 15.0. The van der Waals surface area contributed by atoms with E-state index in [1.165, 1.54) is 30.7 Å². The molecular weight excluding hydrogens is 360 g/mol. The predicted molar refractivity (Wildman–Crippen MR) is 94.2 cm³/mol. The molecule has 2 aliphatic rings. The SMILES string of the molecule is COc1cc(S(=O)(=O)N2CCOCC2)cc(C(=O)NCC2CC2)c1OC. The summed E-state index contributed by atoms with van der Waals surface area (Å²) in [5.74, 6) is 0.568. The highest BCUT2D eigenvalue weighted by atomic mass is 32.2. The molecule has 9 heteroatoms. The van der Waals surface area contributed by atoms with Crippen molar-refractivity contribution < 1.29 is 27.4 Å². The number of nitrogens with one attached hydrogen (secondary N) is 1. The standard InChI is InChI=1S/C17H24N2O6S/c1-23-15-10-13(26(21,22)19-5-7-25-8-6-19)9-14(16(15)24-2)17(20)18-11-12-3-4-12/h9-10,12H,3-8,11H2,1-2H3,(H,18,20). The molecule has 1 heterocycles. The first-order chi connectivity index (χ1) is 12.5. The van der Waals surface area contributed by atoms with Crippen molar-refractivity contribution >= 4 is 15.9 Å². The molecule has 0 radical (unpaired) electrons. The highest BCUT2D eigenvalue weighted by molar-refractivity contribution is 7.89. The third-order valence-electron chi connectivity index (χ3n) is 4.55. The van der Waals surface area contributed by atoms with Crippen molar-refractivity contribution in [2.24, 2.45) is 5.92 Å². The number of ether oxygens (including phenoxy) is 3. The van der Waals surface area contributed by atoms with Crippen LogP contribution in [0.2, 0.25) is 0 Å². The fraction of sp³-hybridized carbons (Fsp3) is 0.588. The Balaban J connectivity index is 1.96. The van der Waals surface area contributed by atoms with E-state index in [2.05, 4.69) is 5.32 Å². The molecule has 0 spiro atoms. The molecule has 1 saturated carbocycles. The lowest BCUT2D eigenvalue weighted by Crippen LogP contribution is -2.40. The molecule has 1 N–H and O–H groups in total. The van der Waals surface area contributed by atoms with Crippen molar-refractivity contribution in [1.29, 1.82) is 0 Å². The molecule has 0 atom stereocenters. The minimum absolute atomic E-state index is 0.00798. The van der Waals surface area contributed by atoms with E-state index in [4.69, 9.17) is 14.2 Å². The third kappa shape index (κ3) is 3.94. The molecule has 0 bridgehead atoms. The first kappa shape index (κ1) is 18.9. The Morgan fingerprint density at radius 1 is 1.23 bits per heavy atom. The van der Waals surface area contributed by atoms with E-state index < -0.39 is 10.0 Å². The highest BCUT2D eigenvalue weighted by Gasteiger charge is 2.30. The highest BCUT2D eigenvalue weighted by Crippen LogP contribution is 2.35. The summed E-state index contributed by atoms with van der Waals surface area (Å²) in [7, 11) is -0.923. The Morgan fingerprint density at radius 2 is 1.92 bits per heavy atom. The number of benzene rings is 1. The van der Waals surface area contributed by atoms with E-state index in [1.54, 1.807) is 0 Å². The van der Waals surface area contributed by atoms with Crippen LogP contribution in [0.15, 0.2) is 17.0 Å². The number of carbonyl (C=O) groups excluding carboxylic acids is 1. The smallest absolute Gasteiger partial charge is 0.255 e. The van der Waals surface area contributed by atoms with Gasteiger partial charge >= 0.3 is 0 Å². The van der Waals surface area contributed by atoms with Crippen LogP contribution >= 0.6 is 0 Å². The summed E-state index contributed by atoms with van der Waals surface area (Å²) < 4.78 is 43.1. The third-order valence-corrected chi connectivity index (χ3v) is 6.43. The molecule has 1 aliphatic heterocycles. The fourth-order valence-corrected chi connectivity index (χ4v) is 4.30. The van der Waals surface area contributed by atoms with Crippen molar-refractivity contribution in [1.82, 2.24) is 9.62 Å². The summed E-state index contributed by atoms with van der Waals surface area (Å²) in [6.07, 6.45) is 2.21. The maximum absolute atomic E-state index is 12.9. The van der Waals surface area contributed by atoms with Crippen LogP contribution < -0.4 is 14.8 Å². The Morgan fingerprint density at radius 3 is 2.50 bits per heavy atom. The van der Waals surface area contributed by atoms with Gasteiger partial charge in [-0.2, -0.15) is 4.31 Å². The zero-order valence-corrected chi connectivity index (χ0v) is 15.8. The average molecular weight is 384 g/mol. The van der Waals surface area contributed by atoms with Gasteiger partial charge in [0.05, 0.1) is 37.9 Å². The van der Waals surface area contributed by atoms with Crippen molar-refractivity contribution in [3.05, 3.63) is 17.7 Å². The normalized spacial score (nSPS) is 18.4. The summed E-state index contributed by atoms with van der Waals surface area (Å²) >= 11 is 0. The van der Waals surface area contributed by atoms with Crippen LogP contribution in [0, 0.1) is 5.92 Å². The first-order valence-corrected chi connectivity index (χ1v) is 10.0. The first-order valence-electron chi connectivity index (χ1n) is 8.59. The summed E-state index contributed by atoms with van der Waals surface area (Å²) in [5.41, 5.74) is 0.152. The fourth-order valence-electron chi connectivity index (χ4n) is 2.85. The summed E-state index contributed by atoms with van der Waals surface area (Å²) in [6.45, 7) is 1.83. The average Bonchev–Trinajstić information content (AvgIpc) is 3.50. The zero-order chi connectivity index (χ0) is 18.7. The molecule has 1 saturated heterocycles. The number of hydrogen-bond acceptors (Lipinski definition) is 6. The van der Waals surface area contributed by atoms with Gasteiger partial charge in [-0.05, 0) is 24.8 Å². The van der Waals surface area contributed by atoms with E-state index in [0.717, 1.165) is 12.8 Å². The summed E-state index contributed by atoms with van der Waals surface area (Å²) in [5, 5.41) is 2.84. The van der Waals surface area contributed by atoms with E-state index in [1.807, 2.05) is 0 Å². The van der Waals surface area contributed by atoms with Crippen LogP contribution in [0.25, 0.3) is 0 Å². The molecule has 1 aliphatic carbocycles. The van der Waals surface area contributed by atoms with Crippen molar-refractivity contribution in [3.63, 3.8) is 0 Å². The molecule has 1 aromatic rings. The lowest BCUT2D eigenvalue weighted by Gasteiger charge is -2.26. The second-order valence-corrected chi connectivity index (χ2v) is 8.31. The van der Waals surface area contributed by atoms with E-state index in [9.17, 15) is 13.2 Å². The number of sulfonamides is 1. The minimum atomic E-state index is -3.76. The number of carbonyl (C=O) groups is 1. The summed E-state index contributed by atoms with van der Waals surface area (Å²) in [4.78, 5) is 12.6. The Bertz CT molecular complexity index is 770. The number of hydrogen-bond donors (Lipinski definition) is 1. The maximum Gasteiger partial charge on any atom is 0.255 e. The van der Waals surface area contributed by atoms with Crippen LogP contribution in [0.1, 0.15) is 23.2 Å². The van der Waals surface area contributed by atoms with Gasteiger partial charge in [0.1, 0.15) is 0 Å². The number of rotatable bonds is 7. The van der Waals surface area contributed by atoms with E-state index in [0.29, 0.717) is 25.7 Å². The molecule has 8 nitrogen and oxygen atoms in total. The van der Waals surface area contributed by atoms with Crippen LogP contribution in [0.4, 0.5) is 0 Å². The number of morpholine rings is 1. The number of amides is 1. The second kappa shape index (κ2) is 7.81. The molecule has 2 fully saturated rings. The molecule has 3 rings (SSSR count). The lowest BCUT2D eigenvalue weighted by molar-refractivity contribution is 0.0730. The molecule has 144 valence electrons.